The number of nitrogens with one attached hydrogen (secondary N) is 1. The molecular formula is C15H30N2. The lowest BCUT2D eigenvalue weighted by Crippen LogP contribution is -2.40. The Hall–Kier alpha value is -0.0800. The second-order valence-electron chi connectivity index (χ2n) is 5.98. The first kappa shape index (κ1) is 13.4. The highest BCUT2D eigenvalue weighted by Gasteiger charge is 2.20. The SMILES string of the molecule is CCN(CCNC1CCCCC1)CC1CCC1. The van der Waals surface area contributed by atoms with Crippen LogP contribution in [0.25, 0.3) is 0 Å². The summed E-state index contributed by atoms with van der Waals surface area (Å²) >= 11 is 0. The Bertz CT molecular complexity index is 195. The topological polar surface area (TPSA) is 15.3 Å². The van der Waals surface area contributed by atoms with E-state index in [4.69, 9.17) is 0 Å². The standard InChI is InChI=1S/C15H30N2/c1-2-17(13-14-7-6-8-14)12-11-16-15-9-4-3-5-10-15/h14-16H,2-13H2,1H3. The maximum Gasteiger partial charge on any atom is 0.0107 e. The first-order valence-electron chi connectivity index (χ1n) is 7.84. The van der Waals surface area contributed by atoms with Crippen molar-refractivity contribution in [3.05, 3.63) is 0 Å². The van der Waals surface area contributed by atoms with Gasteiger partial charge < -0.3 is 10.2 Å². The Balaban J connectivity index is 1.55. The number of nitrogens with zero attached hydrogens (tertiary/aromatic N) is 1. The molecule has 0 unspecified atom stereocenters. The molecule has 0 saturated heterocycles. The summed E-state index contributed by atoms with van der Waals surface area (Å²) in [4.78, 5) is 2.64. The molecule has 2 saturated carbocycles. The molecule has 0 radical (unpaired) electrons. The van der Waals surface area contributed by atoms with Crippen molar-refractivity contribution in [2.45, 2.75) is 64.3 Å². The summed E-state index contributed by atoms with van der Waals surface area (Å²) < 4.78 is 0. The predicted octanol–water partition coefficient (Wildman–Crippen LogP) is 3.03. The van der Waals surface area contributed by atoms with Crippen LogP contribution in [0.15, 0.2) is 0 Å². The van der Waals surface area contributed by atoms with E-state index in [2.05, 4.69) is 17.1 Å². The molecule has 0 heterocycles. The fraction of sp³-hybridized carbons (Fsp3) is 1.00. The highest BCUT2D eigenvalue weighted by molar-refractivity contribution is 4.75. The lowest BCUT2D eigenvalue weighted by atomic mass is 9.85. The third kappa shape index (κ3) is 4.59. The Morgan fingerprint density at radius 1 is 1.00 bits per heavy atom. The van der Waals surface area contributed by atoms with Gasteiger partial charge in [0.15, 0.2) is 0 Å². The molecule has 2 aliphatic rings. The van der Waals surface area contributed by atoms with Crippen molar-refractivity contribution in [2.24, 2.45) is 5.92 Å². The van der Waals surface area contributed by atoms with Crippen molar-refractivity contribution < 1.29 is 0 Å². The summed E-state index contributed by atoms with van der Waals surface area (Å²) in [6.07, 6.45) is 11.6. The van der Waals surface area contributed by atoms with Gasteiger partial charge >= 0.3 is 0 Å². The summed E-state index contributed by atoms with van der Waals surface area (Å²) in [7, 11) is 0. The first-order chi connectivity index (χ1) is 8.38. The molecule has 0 aromatic carbocycles. The maximum atomic E-state index is 3.75. The van der Waals surface area contributed by atoms with Gasteiger partial charge in [-0.05, 0) is 38.1 Å². The zero-order valence-electron chi connectivity index (χ0n) is 11.6. The first-order valence-corrected chi connectivity index (χ1v) is 7.84. The minimum atomic E-state index is 0.825. The Morgan fingerprint density at radius 2 is 1.76 bits per heavy atom. The smallest absolute Gasteiger partial charge is 0.0107 e. The van der Waals surface area contributed by atoms with E-state index in [-0.39, 0.29) is 0 Å². The molecule has 2 aliphatic carbocycles. The van der Waals surface area contributed by atoms with Gasteiger partial charge in [0.1, 0.15) is 0 Å². The summed E-state index contributed by atoms with van der Waals surface area (Å²) in [5.74, 6) is 1.02. The van der Waals surface area contributed by atoms with Crippen LogP contribution in [0.1, 0.15) is 58.3 Å². The molecule has 2 fully saturated rings. The zero-order valence-corrected chi connectivity index (χ0v) is 11.6. The Labute approximate surface area is 107 Å². The molecule has 0 amide bonds. The van der Waals surface area contributed by atoms with E-state index in [0.717, 1.165) is 12.0 Å². The molecule has 100 valence electrons. The van der Waals surface area contributed by atoms with Gasteiger partial charge in [0, 0.05) is 25.7 Å². The third-order valence-corrected chi connectivity index (χ3v) is 4.65. The number of likely N-dealkylation sites (N-methyl/N-ethyl adjacent to an activating group) is 1. The van der Waals surface area contributed by atoms with Crippen molar-refractivity contribution in [2.75, 3.05) is 26.2 Å². The molecule has 0 spiro atoms. The quantitative estimate of drug-likeness (QED) is 0.733. The molecule has 0 bridgehead atoms. The molecule has 1 N–H and O–H groups in total. The largest absolute Gasteiger partial charge is 0.313 e. The highest BCUT2D eigenvalue weighted by Crippen LogP contribution is 2.26. The van der Waals surface area contributed by atoms with Gasteiger partial charge in [0.05, 0.1) is 0 Å². The van der Waals surface area contributed by atoms with Crippen LogP contribution < -0.4 is 5.32 Å². The van der Waals surface area contributed by atoms with Crippen molar-refractivity contribution in [3.8, 4) is 0 Å². The predicted molar refractivity (Wildman–Crippen MR) is 74.3 cm³/mol. The lowest BCUT2D eigenvalue weighted by molar-refractivity contribution is 0.182. The number of hydrogen-bond acceptors (Lipinski definition) is 2. The van der Waals surface area contributed by atoms with Gasteiger partial charge in [-0.25, -0.2) is 0 Å². The lowest BCUT2D eigenvalue weighted by Gasteiger charge is -2.32. The monoisotopic (exact) mass is 238 g/mol. The Kier molecular flexibility index (Phi) is 5.79. The van der Waals surface area contributed by atoms with Crippen LogP contribution in [-0.2, 0) is 0 Å². The van der Waals surface area contributed by atoms with Crippen molar-refractivity contribution in [1.82, 2.24) is 10.2 Å². The second-order valence-corrected chi connectivity index (χ2v) is 5.98. The van der Waals surface area contributed by atoms with E-state index in [1.807, 2.05) is 0 Å². The zero-order chi connectivity index (χ0) is 11.9. The summed E-state index contributed by atoms with van der Waals surface area (Å²) in [5.41, 5.74) is 0. The number of hydrogen-bond donors (Lipinski definition) is 1. The molecule has 17 heavy (non-hydrogen) atoms. The van der Waals surface area contributed by atoms with E-state index in [0.29, 0.717) is 0 Å². The molecular weight excluding hydrogens is 208 g/mol. The van der Waals surface area contributed by atoms with Gasteiger partial charge in [-0.2, -0.15) is 0 Å². The molecule has 2 heteroatoms. The van der Waals surface area contributed by atoms with E-state index in [1.54, 1.807) is 0 Å². The number of rotatable bonds is 7. The molecule has 0 aromatic rings. The van der Waals surface area contributed by atoms with E-state index in [1.165, 1.54) is 77.5 Å². The third-order valence-electron chi connectivity index (χ3n) is 4.65. The van der Waals surface area contributed by atoms with Gasteiger partial charge in [0.25, 0.3) is 0 Å². The maximum absolute atomic E-state index is 3.75. The van der Waals surface area contributed by atoms with E-state index >= 15 is 0 Å². The normalized spacial score (nSPS) is 22.9. The van der Waals surface area contributed by atoms with Crippen LogP contribution in [0, 0.1) is 5.92 Å². The minimum absolute atomic E-state index is 0.825. The van der Waals surface area contributed by atoms with Crippen LogP contribution in [0.3, 0.4) is 0 Å². The van der Waals surface area contributed by atoms with Crippen LogP contribution in [0.4, 0.5) is 0 Å². The van der Waals surface area contributed by atoms with Gasteiger partial charge in [-0.15, -0.1) is 0 Å². The van der Waals surface area contributed by atoms with E-state index < -0.39 is 0 Å². The van der Waals surface area contributed by atoms with Gasteiger partial charge in [-0.1, -0.05) is 32.6 Å². The Morgan fingerprint density at radius 3 is 2.35 bits per heavy atom. The molecule has 0 aliphatic heterocycles. The molecule has 0 atom stereocenters. The average molecular weight is 238 g/mol. The van der Waals surface area contributed by atoms with Crippen molar-refractivity contribution in [3.63, 3.8) is 0 Å². The average Bonchev–Trinajstić information content (AvgIpc) is 2.32. The van der Waals surface area contributed by atoms with Crippen LogP contribution in [0.2, 0.25) is 0 Å². The highest BCUT2D eigenvalue weighted by atomic mass is 15.1. The molecule has 2 nitrogen and oxygen atoms in total. The molecule has 2 rings (SSSR count). The van der Waals surface area contributed by atoms with Crippen LogP contribution >= 0.6 is 0 Å². The minimum Gasteiger partial charge on any atom is -0.313 e. The van der Waals surface area contributed by atoms with Crippen LogP contribution in [0.5, 0.6) is 0 Å². The van der Waals surface area contributed by atoms with E-state index in [9.17, 15) is 0 Å². The second kappa shape index (κ2) is 7.38. The molecule has 0 aromatic heterocycles. The van der Waals surface area contributed by atoms with Crippen LogP contribution in [-0.4, -0.2) is 37.1 Å². The van der Waals surface area contributed by atoms with Crippen molar-refractivity contribution >= 4 is 0 Å². The van der Waals surface area contributed by atoms with Gasteiger partial charge in [-0.3, -0.25) is 0 Å². The fourth-order valence-corrected chi connectivity index (χ4v) is 3.15. The van der Waals surface area contributed by atoms with Crippen molar-refractivity contribution in [1.29, 1.82) is 0 Å². The summed E-state index contributed by atoms with van der Waals surface area (Å²) in [5, 5.41) is 3.75. The summed E-state index contributed by atoms with van der Waals surface area (Å²) in [6, 6.07) is 0.825. The summed E-state index contributed by atoms with van der Waals surface area (Å²) in [6.45, 7) is 7.33. The fourth-order valence-electron chi connectivity index (χ4n) is 3.15. The van der Waals surface area contributed by atoms with Gasteiger partial charge in [0.2, 0.25) is 0 Å².